The Balaban J connectivity index is 2.02. The molecule has 0 atom stereocenters. The highest BCUT2D eigenvalue weighted by atomic mass is 79.9. The fourth-order valence-corrected chi connectivity index (χ4v) is 2.87. The van der Waals surface area contributed by atoms with E-state index in [0.717, 1.165) is 3.79 Å². The lowest BCUT2D eigenvalue weighted by Gasteiger charge is -2.11. The molecule has 22 heavy (non-hydrogen) atoms. The molecule has 8 heteroatoms. The van der Waals surface area contributed by atoms with E-state index in [2.05, 4.69) is 26.0 Å². The van der Waals surface area contributed by atoms with Crippen molar-refractivity contribution in [1.82, 2.24) is 5.32 Å². The van der Waals surface area contributed by atoms with Gasteiger partial charge >= 0.3 is 6.61 Å². The topological polar surface area (TPSA) is 47.6 Å². The second kappa shape index (κ2) is 7.55. The first-order valence-corrected chi connectivity index (χ1v) is 7.81. The van der Waals surface area contributed by atoms with E-state index in [1.807, 2.05) is 0 Å². The summed E-state index contributed by atoms with van der Waals surface area (Å²) in [5, 5.41) is 4.48. The molecule has 0 fully saturated rings. The SMILES string of the molecule is COc1cc(CNC(=O)c2csc(Br)c2)ccc1OC(F)F. The zero-order chi connectivity index (χ0) is 16.1. The van der Waals surface area contributed by atoms with Crippen LogP contribution in [0, 0.1) is 0 Å². The van der Waals surface area contributed by atoms with Crippen LogP contribution in [-0.2, 0) is 6.54 Å². The van der Waals surface area contributed by atoms with Crippen LogP contribution in [0.15, 0.2) is 33.4 Å². The van der Waals surface area contributed by atoms with Crippen molar-refractivity contribution < 1.29 is 23.0 Å². The zero-order valence-electron chi connectivity index (χ0n) is 11.4. The quantitative estimate of drug-likeness (QED) is 0.807. The summed E-state index contributed by atoms with van der Waals surface area (Å²) in [6.07, 6.45) is 0. The van der Waals surface area contributed by atoms with Crippen molar-refractivity contribution in [3.05, 3.63) is 44.6 Å². The Hall–Kier alpha value is -1.67. The molecule has 1 aromatic carbocycles. The molecule has 0 unspecified atom stereocenters. The normalized spacial score (nSPS) is 10.6. The number of carbonyl (C=O) groups is 1. The number of ether oxygens (including phenoxy) is 2. The summed E-state index contributed by atoms with van der Waals surface area (Å²) in [6.45, 7) is -2.67. The predicted octanol–water partition coefficient (Wildman–Crippen LogP) is 4.05. The number of thiophene rings is 1. The molecule has 2 rings (SSSR count). The molecule has 118 valence electrons. The van der Waals surface area contributed by atoms with Crippen molar-refractivity contribution >= 4 is 33.2 Å². The summed E-state index contributed by atoms with van der Waals surface area (Å²) in [5.74, 6) is -0.0755. The molecule has 1 N–H and O–H groups in total. The van der Waals surface area contributed by atoms with Crippen LogP contribution in [0.25, 0.3) is 0 Å². The third kappa shape index (κ3) is 4.41. The molecule has 1 amide bonds. The van der Waals surface area contributed by atoms with Gasteiger partial charge in [0.25, 0.3) is 5.91 Å². The second-order valence-corrected chi connectivity index (χ2v) is 6.48. The Labute approximate surface area is 138 Å². The van der Waals surface area contributed by atoms with Crippen molar-refractivity contribution in [3.8, 4) is 11.5 Å². The zero-order valence-corrected chi connectivity index (χ0v) is 13.8. The lowest BCUT2D eigenvalue weighted by Crippen LogP contribution is -2.22. The molecule has 0 spiro atoms. The van der Waals surface area contributed by atoms with Gasteiger partial charge in [0.1, 0.15) is 0 Å². The van der Waals surface area contributed by atoms with Crippen LogP contribution in [-0.4, -0.2) is 19.6 Å². The number of nitrogens with one attached hydrogen (secondary N) is 1. The van der Waals surface area contributed by atoms with E-state index in [-0.39, 0.29) is 24.0 Å². The Bertz CT molecular complexity index is 663. The summed E-state index contributed by atoms with van der Waals surface area (Å²) >= 11 is 4.71. The van der Waals surface area contributed by atoms with Gasteiger partial charge in [-0.3, -0.25) is 4.79 Å². The maximum absolute atomic E-state index is 12.2. The van der Waals surface area contributed by atoms with Gasteiger partial charge in [-0.25, -0.2) is 0 Å². The number of methoxy groups -OCH3 is 1. The smallest absolute Gasteiger partial charge is 0.387 e. The van der Waals surface area contributed by atoms with Gasteiger partial charge in [-0.1, -0.05) is 6.07 Å². The van der Waals surface area contributed by atoms with Crippen LogP contribution in [0.5, 0.6) is 11.5 Å². The highest BCUT2D eigenvalue weighted by molar-refractivity contribution is 9.11. The van der Waals surface area contributed by atoms with Gasteiger partial charge in [0, 0.05) is 11.9 Å². The van der Waals surface area contributed by atoms with E-state index in [9.17, 15) is 13.6 Å². The molecule has 2 aromatic rings. The van der Waals surface area contributed by atoms with Crippen molar-refractivity contribution in [2.45, 2.75) is 13.2 Å². The molecule has 1 aromatic heterocycles. The number of alkyl halides is 2. The average molecular weight is 392 g/mol. The number of carbonyl (C=O) groups excluding carboxylic acids is 1. The monoisotopic (exact) mass is 391 g/mol. The van der Waals surface area contributed by atoms with Gasteiger partial charge in [-0.15, -0.1) is 11.3 Å². The summed E-state index contributed by atoms with van der Waals surface area (Å²) in [4.78, 5) is 11.9. The van der Waals surface area contributed by atoms with Gasteiger partial charge in [-0.2, -0.15) is 8.78 Å². The molecule has 0 aliphatic heterocycles. The summed E-state index contributed by atoms with van der Waals surface area (Å²) in [6, 6.07) is 6.24. The fourth-order valence-electron chi connectivity index (χ4n) is 1.73. The fraction of sp³-hybridized carbons (Fsp3) is 0.214. The summed E-state index contributed by atoms with van der Waals surface area (Å²) in [5.41, 5.74) is 1.27. The van der Waals surface area contributed by atoms with Crippen LogP contribution in [0.2, 0.25) is 0 Å². The minimum absolute atomic E-state index is 0.0469. The van der Waals surface area contributed by atoms with Crippen LogP contribution in [0.1, 0.15) is 15.9 Å². The molecule has 1 heterocycles. The van der Waals surface area contributed by atoms with Gasteiger partial charge in [0.15, 0.2) is 11.5 Å². The molecule has 0 aliphatic rings. The van der Waals surface area contributed by atoms with E-state index < -0.39 is 6.61 Å². The lowest BCUT2D eigenvalue weighted by atomic mass is 10.2. The molecular weight excluding hydrogens is 380 g/mol. The van der Waals surface area contributed by atoms with Gasteiger partial charge in [0.05, 0.1) is 16.5 Å². The van der Waals surface area contributed by atoms with E-state index >= 15 is 0 Å². The van der Waals surface area contributed by atoms with Gasteiger partial charge < -0.3 is 14.8 Å². The van der Waals surface area contributed by atoms with Gasteiger partial charge in [-0.05, 0) is 39.7 Å². The van der Waals surface area contributed by atoms with Crippen molar-refractivity contribution in [3.63, 3.8) is 0 Å². The molecule has 0 aliphatic carbocycles. The van der Waals surface area contributed by atoms with Crippen molar-refractivity contribution in [1.29, 1.82) is 0 Å². The third-order valence-corrected chi connectivity index (χ3v) is 4.23. The molecular formula is C14H12BrF2NO3S. The third-order valence-electron chi connectivity index (χ3n) is 2.73. The number of rotatable bonds is 6. The standard InChI is InChI=1S/C14H12BrF2NO3S/c1-20-11-4-8(2-3-10(11)21-14(16)17)6-18-13(19)9-5-12(15)22-7-9/h2-5,7,14H,6H2,1H3,(H,18,19). The highest BCUT2D eigenvalue weighted by Crippen LogP contribution is 2.29. The molecule has 0 bridgehead atoms. The van der Waals surface area contributed by atoms with E-state index in [4.69, 9.17) is 4.74 Å². The minimum Gasteiger partial charge on any atom is -0.493 e. The second-order valence-electron chi connectivity index (χ2n) is 4.19. The maximum Gasteiger partial charge on any atom is 0.387 e. The Morgan fingerprint density at radius 1 is 1.36 bits per heavy atom. The Morgan fingerprint density at radius 3 is 2.73 bits per heavy atom. The van der Waals surface area contributed by atoms with Crippen LogP contribution in [0.4, 0.5) is 8.78 Å². The van der Waals surface area contributed by atoms with E-state index in [1.54, 1.807) is 23.6 Å². The molecule has 0 saturated heterocycles. The summed E-state index contributed by atoms with van der Waals surface area (Å²) in [7, 11) is 1.36. The first-order valence-electron chi connectivity index (χ1n) is 6.13. The minimum atomic E-state index is -2.92. The molecule has 0 radical (unpaired) electrons. The number of benzene rings is 1. The molecule has 0 saturated carbocycles. The number of halogens is 3. The first kappa shape index (κ1) is 16.7. The first-order chi connectivity index (χ1) is 10.5. The molecule has 4 nitrogen and oxygen atoms in total. The van der Waals surface area contributed by atoms with Crippen LogP contribution >= 0.6 is 27.3 Å². The number of hydrogen-bond donors (Lipinski definition) is 1. The van der Waals surface area contributed by atoms with Crippen molar-refractivity contribution in [2.75, 3.05) is 7.11 Å². The van der Waals surface area contributed by atoms with Gasteiger partial charge in [0.2, 0.25) is 0 Å². The summed E-state index contributed by atoms with van der Waals surface area (Å²) < 4.78 is 34.7. The van der Waals surface area contributed by atoms with Crippen molar-refractivity contribution in [2.24, 2.45) is 0 Å². The van der Waals surface area contributed by atoms with Crippen LogP contribution < -0.4 is 14.8 Å². The average Bonchev–Trinajstić information content (AvgIpc) is 2.92. The predicted molar refractivity (Wildman–Crippen MR) is 82.8 cm³/mol. The Morgan fingerprint density at radius 2 is 2.14 bits per heavy atom. The van der Waals surface area contributed by atoms with Crippen LogP contribution in [0.3, 0.4) is 0 Å². The number of hydrogen-bond acceptors (Lipinski definition) is 4. The maximum atomic E-state index is 12.2. The van der Waals surface area contributed by atoms with E-state index in [1.165, 1.54) is 24.5 Å². The van der Waals surface area contributed by atoms with E-state index in [0.29, 0.717) is 11.1 Å². The number of amides is 1. The lowest BCUT2D eigenvalue weighted by molar-refractivity contribution is -0.0512. The Kier molecular flexibility index (Phi) is 5.73. The largest absolute Gasteiger partial charge is 0.493 e. The highest BCUT2D eigenvalue weighted by Gasteiger charge is 2.12.